The molecule has 0 bridgehead atoms. The second kappa shape index (κ2) is 4.65. The topological polar surface area (TPSA) is 32.6 Å². The predicted octanol–water partition coefficient (Wildman–Crippen LogP) is 2.91. The zero-order valence-corrected chi connectivity index (χ0v) is 8.07. The Morgan fingerprint density at radius 3 is 2.46 bits per heavy atom. The summed E-state index contributed by atoms with van der Waals surface area (Å²) in [4.78, 5) is 0. The minimum Gasteiger partial charge on any atom is -0.411 e. The largest absolute Gasteiger partial charge is 0.411 e. The van der Waals surface area contributed by atoms with Crippen molar-refractivity contribution in [3.63, 3.8) is 0 Å². The maximum atomic E-state index is 8.87. The van der Waals surface area contributed by atoms with Crippen molar-refractivity contribution in [2.45, 2.75) is 20.3 Å². The third kappa shape index (κ3) is 2.31. The molecular weight excluding hydrogens is 162 g/mol. The maximum absolute atomic E-state index is 8.87. The molecule has 0 heterocycles. The first-order valence-corrected chi connectivity index (χ1v) is 4.57. The lowest BCUT2D eigenvalue weighted by atomic mass is 9.96. The third-order valence-corrected chi connectivity index (χ3v) is 2.26. The maximum Gasteiger partial charge on any atom is 0.0895 e. The van der Waals surface area contributed by atoms with Gasteiger partial charge in [-0.3, -0.25) is 0 Å². The monoisotopic (exact) mass is 177 g/mol. The summed E-state index contributed by atoms with van der Waals surface area (Å²) in [6.45, 7) is 4.14. The highest BCUT2D eigenvalue weighted by atomic mass is 16.4. The average molecular weight is 177 g/mol. The molecule has 1 aromatic rings. The van der Waals surface area contributed by atoms with Gasteiger partial charge >= 0.3 is 0 Å². The van der Waals surface area contributed by atoms with Crippen LogP contribution in [-0.4, -0.2) is 10.9 Å². The molecule has 1 atom stereocenters. The number of benzene rings is 1. The second-order valence-electron chi connectivity index (χ2n) is 3.16. The van der Waals surface area contributed by atoms with E-state index in [1.165, 1.54) is 0 Å². The van der Waals surface area contributed by atoms with E-state index in [0.717, 1.165) is 17.7 Å². The Bertz CT molecular complexity index is 279. The van der Waals surface area contributed by atoms with Crippen molar-refractivity contribution in [3.05, 3.63) is 35.9 Å². The van der Waals surface area contributed by atoms with Crippen molar-refractivity contribution in [1.82, 2.24) is 0 Å². The minimum absolute atomic E-state index is 0.299. The Labute approximate surface area is 78.9 Å². The van der Waals surface area contributed by atoms with E-state index in [1.807, 2.05) is 30.3 Å². The van der Waals surface area contributed by atoms with E-state index in [-0.39, 0.29) is 0 Å². The van der Waals surface area contributed by atoms with Gasteiger partial charge in [0.1, 0.15) is 0 Å². The van der Waals surface area contributed by atoms with Gasteiger partial charge in [0.2, 0.25) is 0 Å². The molecule has 0 saturated carbocycles. The predicted molar refractivity (Wildman–Crippen MR) is 54.2 cm³/mol. The van der Waals surface area contributed by atoms with E-state index >= 15 is 0 Å². The van der Waals surface area contributed by atoms with Crippen molar-refractivity contribution >= 4 is 5.71 Å². The molecule has 0 amide bonds. The van der Waals surface area contributed by atoms with E-state index in [4.69, 9.17) is 5.21 Å². The lowest BCUT2D eigenvalue weighted by Crippen LogP contribution is -2.11. The van der Waals surface area contributed by atoms with Crippen LogP contribution >= 0.6 is 0 Å². The highest BCUT2D eigenvalue weighted by molar-refractivity contribution is 6.01. The van der Waals surface area contributed by atoms with Gasteiger partial charge in [0.05, 0.1) is 5.71 Å². The molecule has 2 nitrogen and oxygen atoms in total. The van der Waals surface area contributed by atoms with Gasteiger partial charge in [0.15, 0.2) is 0 Å². The zero-order valence-electron chi connectivity index (χ0n) is 8.07. The molecular formula is C11H15NO. The van der Waals surface area contributed by atoms with Gasteiger partial charge in [-0.2, -0.15) is 0 Å². The summed E-state index contributed by atoms with van der Waals surface area (Å²) in [6.07, 6.45) is 0.980. The smallest absolute Gasteiger partial charge is 0.0895 e. The molecule has 70 valence electrons. The van der Waals surface area contributed by atoms with Gasteiger partial charge in [0, 0.05) is 5.92 Å². The average Bonchev–Trinajstić information content (AvgIpc) is 2.20. The molecule has 0 radical (unpaired) electrons. The third-order valence-electron chi connectivity index (χ3n) is 2.26. The molecule has 0 aliphatic rings. The van der Waals surface area contributed by atoms with Gasteiger partial charge in [-0.15, -0.1) is 0 Å². The van der Waals surface area contributed by atoms with Crippen LogP contribution in [0.5, 0.6) is 0 Å². The first-order chi connectivity index (χ1) is 6.29. The second-order valence-corrected chi connectivity index (χ2v) is 3.16. The molecule has 0 aromatic heterocycles. The molecule has 0 fully saturated rings. The summed E-state index contributed by atoms with van der Waals surface area (Å²) < 4.78 is 0. The van der Waals surface area contributed by atoms with Crippen molar-refractivity contribution in [3.8, 4) is 0 Å². The lowest BCUT2D eigenvalue weighted by Gasteiger charge is -2.10. The van der Waals surface area contributed by atoms with Crippen molar-refractivity contribution in [2.75, 3.05) is 0 Å². The molecule has 0 saturated heterocycles. The molecule has 13 heavy (non-hydrogen) atoms. The van der Waals surface area contributed by atoms with Crippen LogP contribution in [0.4, 0.5) is 0 Å². The first kappa shape index (κ1) is 9.78. The van der Waals surface area contributed by atoms with Crippen LogP contribution in [0.3, 0.4) is 0 Å². The number of rotatable bonds is 3. The molecule has 0 spiro atoms. The van der Waals surface area contributed by atoms with Gasteiger partial charge < -0.3 is 5.21 Å². The molecule has 0 unspecified atom stereocenters. The van der Waals surface area contributed by atoms with E-state index in [1.54, 1.807) is 0 Å². The van der Waals surface area contributed by atoms with E-state index in [2.05, 4.69) is 19.0 Å². The number of hydrogen-bond donors (Lipinski definition) is 1. The van der Waals surface area contributed by atoms with Crippen molar-refractivity contribution < 1.29 is 5.21 Å². The Morgan fingerprint density at radius 2 is 2.00 bits per heavy atom. The molecule has 2 heteroatoms. The summed E-state index contributed by atoms with van der Waals surface area (Å²) in [7, 11) is 0. The van der Waals surface area contributed by atoms with Gasteiger partial charge in [0.25, 0.3) is 0 Å². The van der Waals surface area contributed by atoms with Gasteiger partial charge in [-0.25, -0.2) is 0 Å². The summed E-state index contributed by atoms with van der Waals surface area (Å²) in [6, 6.07) is 9.77. The molecule has 1 N–H and O–H groups in total. The normalized spacial score (nSPS) is 14.2. The Balaban J connectivity index is 2.93. The van der Waals surface area contributed by atoms with Crippen molar-refractivity contribution in [2.24, 2.45) is 11.1 Å². The van der Waals surface area contributed by atoms with Crippen LogP contribution in [0.15, 0.2) is 35.5 Å². The Hall–Kier alpha value is -1.31. The number of oxime groups is 1. The number of hydrogen-bond acceptors (Lipinski definition) is 2. The SMILES string of the molecule is CC[C@H](C)/C(=N\O)c1ccccc1. The van der Waals surface area contributed by atoms with Crippen LogP contribution < -0.4 is 0 Å². The van der Waals surface area contributed by atoms with Crippen LogP contribution in [0.1, 0.15) is 25.8 Å². The highest BCUT2D eigenvalue weighted by Gasteiger charge is 2.10. The highest BCUT2D eigenvalue weighted by Crippen LogP contribution is 2.12. The summed E-state index contributed by atoms with van der Waals surface area (Å²) in [5.41, 5.74) is 1.77. The summed E-state index contributed by atoms with van der Waals surface area (Å²) in [5.74, 6) is 0.299. The van der Waals surface area contributed by atoms with Gasteiger partial charge in [-0.05, 0) is 12.0 Å². The molecule has 1 rings (SSSR count). The Morgan fingerprint density at radius 1 is 1.38 bits per heavy atom. The summed E-state index contributed by atoms with van der Waals surface area (Å²) in [5, 5.41) is 12.2. The minimum atomic E-state index is 0.299. The molecule has 0 aliphatic carbocycles. The fourth-order valence-corrected chi connectivity index (χ4v) is 1.24. The fourth-order valence-electron chi connectivity index (χ4n) is 1.24. The first-order valence-electron chi connectivity index (χ1n) is 4.57. The van der Waals surface area contributed by atoms with Crippen LogP contribution in [0, 0.1) is 5.92 Å². The lowest BCUT2D eigenvalue weighted by molar-refractivity contribution is 0.315. The van der Waals surface area contributed by atoms with E-state index in [9.17, 15) is 0 Å². The van der Waals surface area contributed by atoms with Crippen LogP contribution in [-0.2, 0) is 0 Å². The van der Waals surface area contributed by atoms with E-state index in [0.29, 0.717) is 5.92 Å². The van der Waals surface area contributed by atoms with Gasteiger partial charge in [-0.1, -0.05) is 49.3 Å². The van der Waals surface area contributed by atoms with Crippen molar-refractivity contribution in [1.29, 1.82) is 0 Å². The fraction of sp³-hybridized carbons (Fsp3) is 0.364. The summed E-state index contributed by atoms with van der Waals surface area (Å²) >= 11 is 0. The molecule has 0 aliphatic heterocycles. The quantitative estimate of drug-likeness (QED) is 0.430. The zero-order chi connectivity index (χ0) is 9.68. The van der Waals surface area contributed by atoms with Crippen LogP contribution in [0.2, 0.25) is 0 Å². The number of nitrogens with zero attached hydrogens (tertiary/aromatic N) is 1. The molecule has 1 aromatic carbocycles. The van der Waals surface area contributed by atoms with E-state index < -0.39 is 0 Å². The standard InChI is InChI=1S/C11H15NO/c1-3-9(2)11(12-13)10-7-5-4-6-8-10/h4-9,13H,3H2,1-2H3/b12-11+/t9-/m0/s1. The Kier molecular flexibility index (Phi) is 3.50. The van der Waals surface area contributed by atoms with Crippen LogP contribution in [0.25, 0.3) is 0 Å².